The van der Waals surface area contributed by atoms with Crippen LogP contribution < -0.4 is 5.32 Å². The molecule has 2 saturated heterocycles. The van der Waals surface area contributed by atoms with Crippen molar-refractivity contribution in [2.75, 3.05) is 51.9 Å². The predicted molar refractivity (Wildman–Crippen MR) is 203 cm³/mol. The Labute approximate surface area is 294 Å². The molecular weight excluding hydrogens is 950 g/mol. The van der Waals surface area contributed by atoms with Crippen LogP contribution in [0.3, 0.4) is 0 Å². The summed E-state index contributed by atoms with van der Waals surface area (Å²) in [5, 5.41) is 3.25. The van der Waals surface area contributed by atoms with Gasteiger partial charge in [0.1, 0.15) is -0.0619 Å². The van der Waals surface area contributed by atoms with Crippen LogP contribution >= 0.6 is 90.4 Å². The van der Waals surface area contributed by atoms with Crippen LogP contribution in [0, 0.1) is 11.8 Å². The highest BCUT2D eigenvalue weighted by Crippen LogP contribution is 2.24. The highest BCUT2D eigenvalue weighted by Gasteiger charge is 2.22. The maximum absolute atomic E-state index is 11.1. The van der Waals surface area contributed by atoms with Crippen LogP contribution in [0.2, 0.25) is 0 Å². The lowest BCUT2D eigenvalue weighted by atomic mass is 9.93. The third-order valence-electron chi connectivity index (χ3n) is 5.69. The first-order valence-electron chi connectivity index (χ1n) is 12.9. The topological polar surface area (TPSA) is 80.2 Å². The summed E-state index contributed by atoms with van der Waals surface area (Å²) in [6.07, 6.45) is 7.78. The monoisotopic (exact) mass is 1000 g/mol. The molecule has 0 spiro atoms. The zero-order valence-corrected chi connectivity index (χ0v) is 32.5. The van der Waals surface area contributed by atoms with Gasteiger partial charge in [-0.15, -0.1) is 0 Å². The number of esters is 2. The number of halogens is 4. The number of hydrogen-bond acceptors (Lipinski definition) is 7. The fourth-order valence-electron chi connectivity index (χ4n) is 3.74. The molecule has 39 heavy (non-hydrogen) atoms. The predicted octanol–water partition coefficient (Wildman–Crippen LogP) is 8.25. The zero-order valence-electron chi connectivity index (χ0n) is 23.9. The van der Waals surface area contributed by atoms with E-state index < -0.39 is 0 Å². The van der Waals surface area contributed by atoms with E-state index in [-0.39, 0.29) is 19.4 Å². The summed E-state index contributed by atoms with van der Waals surface area (Å²) >= 11 is 9.10. The normalized spacial score (nSPS) is 14.5. The third-order valence-corrected chi connectivity index (χ3v) is 5.69. The molecule has 0 radical (unpaired) electrons. The highest BCUT2D eigenvalue weighted by molar-refractivity contribution is 14.3. The smallest absolute Gasteiger partial charge is 0.305 e. The molecule has 0 aromatic heterocycles. The minimum absolute atomic E-state index is 0. The number of carbonyl (C=O) groups is 2. The van der Waals surface area contributed by atoms with Crippen LogP contribution in [0.25, 0.3) is 0 Å². The fraction of sp³-hybridized carbons (Fsp3) is 0.786. The Morgan fingerprint density at radius 3 is 1.69 bits per heavy atom. The van der Waals surface area contributed by atoms with Crippen molar-refractivity contribution in [1.82, 2.24) is 10.2 Å². The van der Waals surface area contributed by atoms with Gasteiger partial charge in [-0.05, 0) is 81.3 Å². The van der Waals surface area contributed by atoms with Crippen LogP contribution in [0.1, 0.15) is 72.6 Å². The minimum Gasteiger partial charge on any atom is -0.469 e. The van der Waals surface area contributed by atoms with Gasteiger partial charge in [-0.25, -0.2) is 4.99 Å². The number of aliphatic imine (C=N–C) groups is 1. The Hall–Kier alpha value is 0.810. The summed E-state index contributed by atoms with van der Waals surface area (Å²) in [5.41, 5.74) is 1.25. The number of piperidine rings is 2. The number of allylic oxidation sites excluding steroid dienone is 1. The molecule has 2 heterocycles. The van der Waals surface area contributed by atoms with Crippen molar-refractivity contribution >= 4 is 108 Å². The molecule has 0 unspecified atom stereocenters. The second kappa shape index (κ2) is 35.0. The van der Waals surface area contributed by atoms with Gasteiger partial charge in [-0.1, -0.05) is 118 Å². The summed E-state index contributed by atoms with van der Waals surface area (Å²) in [4.78, 5) is 29.9. The third kappa shape index (κ3) is 33.2. The van der Waals surface area contributed by atoms with Gasteiger partial charge in [-0.2, -0.15) is 0 Å². The van der Waals surface area contributed by atoms with Gasteiger partial charge in [0.15, 0.2) is 0 Å². The molecule has 232 valence electrons. The Bertz CT molecular complexity index is 632. The number of rotatable bonds is 8. The molecule has 0 amide bonds. The van der Waals surface area contributed by atoms with Crippen molar-refractivity contribution in [3.8, 4) is 0 Å². The van der Waals surface area contributed by atoms with E-state index in [0.29, 0.717) is 24.7 Å². The molecule has 0 bridgehead atoms. The first kappa shape index (κ1) is 46.8. The lowest BCUT2D eigenvalue weighted by molar-refractivity contribution is -0.142. The molecule has 2 rings (SSSR count). The number of nitrogens with zero attached hydrogens (tertiary/aromatic N) is 2. The number of alkyl halides is 4. The Kier molecular flexibility index (Phi) is 42.0. The van der Waals surface area contributed by atoms with E-state index in [1.807, 2.05) is 11.9 Å². The SMILES string of the molecule is C.C=C(CCC)N1CCC(CC(=O)OC)CC1.C=C=NCC.CI.COC(=O)CC1CCNCC1.IC(I)I. The molecular formula is C28H53I4N3O4. The summed E-state index contributed by atoms with van der Waals surface area (Å²) in [7, 11) is 2.91. The van der Waals surface area contributed by atoms with Crippen molar-refractivity contribution in [2.45, 2.75) is 72.6 Å². The lowest BCUT2D eigenvalue weighted by Crippen LogP contribution is -2.33. The van der Waals surface area contributed by atoms with Gasteiger partial charge >= 0.3 is 11.9 Å². The van der Waals surface area contributed by atoms with E-state index in [1.54, 1.807) is 0 Å². The van der Waals surface area contributed by atoms with Gasteiger partial charge in [-0.3, -0.25) is 9.59 Å². The van der Waals surface area contributed by atoms with E-state index in [0.717, 1.165) is 71.2 Å². The van der Waals surface area contributed by atoms with Crippen molar-refractivity contribution in [3.05, 3.63) is 18.9 Å². The van der Waals surface area contributed by atoms with Crippen LogP contribution in [0.15, 0.2) is 23.8 Å². The number of ether oxygens (including phenoxy) is 2. The second-order valence-electron chi connectivity index (χ2n) is 8.38. The molecule has 0 aromatic carbocycles. The maximum Gasteiger partial charge on any atom is 0.305 e. The van der Waals surface area contributed by atoms with Crippen molar-refractivity contribution in [2.24, 2.45) is 16.8 Å². The zero-order chi connectivity index (χ0) is 29.8. The largest absolute Gasteiger partial charge is 0.469 e. The molecule has 2 fully saturated rings. The molecule has 0 atom stereocenters. The average Bonchev–Trinajstić information content (AvgIpc) is 2.91. The average molecular weight is 1000 g/mol. The van der Waals surface area contributed by atoms with E-state index in [1.165, 1.54) is 19.9 Å². The van der Waals surface area contributed by atoms with E-state index in [4.69, 9.17) is 4.74 Å². The first-order chi connectivity index (χ1) is 18.1. The minimum atomic E-state index is -0.0779. The van der Waals surface area contributed by atoms with Crippen LogP contribution in [-0.2, 0) is 19.1 Å². The van der Waals surface area contributed by atoms with Gasteiger partial charge in [0.05, 0.1) is 14.2 Å². The molecule has 0 aromatic rings. The summed E-state index contributed by atoms with van der Waals surface area (Å²) < 4.78 is 10.0. The van der Waals surface area contributed by atoms with E-state index in [2.05, 4.69) is 136 Å². The molecule has 1 N–H and O–H groups in total. The second-order valence-corrected chi connectivity index (χ2v) is 19.3. The van der Waals surface area contributed by atoms with Crippen LogP contribution in [-0.4, -0.2) is 74.5 Å². The summed E-state index contributed by atoms with van der Waals surface area (Å²) in [6, 6.07) is 0. The Morgan fingerprint density at radius 2 is 1.38 bits per heavy atom. The van der Waals surface area contributed by atoms with Crippen molar-refractivity contribution in [3.63, 3.8) is 0 Å². The van der Waals surface area contributed by atoms with Gasteiger partial charge in [0.2, 0.25) is 0 Å². The number of methoxy groups -OCH3 is 2. The maximum atomic E-state index is 11.1. The molecule has 11 heteroatoms. The van der Waals surface area contributed by atoms with E-state index >= 15 is 0 Å². The Morgan fingerprint density at radius 1 is 0.974 bits per heavy atom. The molecule has 7 nitrogen and oxygen atoms in total. The van der Waals surface area contributed by atoms with Crippen molar-refractivity contribution in [1.29, 1.82) is 0 Å². The molecule has 2 aliphatic rings. The molecule has 0 aliphatic carbocycles. The lowest BCUT2D eigenvalue weighted by Gasteiger charge is -2.34. The van der Waals surface area contributed by atoms with Crippen LogP contribution in [0.4, 0.5) is 0 Å². The molecule has 2 aliphatic heterocycles. The van der Waals surface area contributed by atoms with Gasteiger partial charge < -0.3 is 19.7 Å². The Balaban J connectivity index is -0.000000231. The fourth-order valence-corrected chi connectivity index (χ4v) is 3.74. The summed E-state index contributed by atoms with van der Waals surface area (Å²) in [5.74, 6) is 3.29. The number of likely N-dealkylation sites (tertiary alicyclic amines) is 1. The number of carbonyl (C=O) groups excluding carboxylic acids is 2. The number of nitrogens with one attached hydrogen (secondary N) is 1. The van der Waals surface area contributed by atoms with Gasteiger partial charge in [0, 0.05) is 38.2 Å². The summed E-state index contributed by atoms with van der Waals surface area (Å²) in [6.45, 7) is 16.4. The van der Waals surface area contributed by atoms with Crippen LogP contribution in [0.5, 0.6) is 0 Å². The van der Waals surface area contributed by atoms with E-state index in [9.17, 15) is 9.59 Å². The molecule has 0 saturated carbocycles. The quantitative estimate of drug-likeness (QED) is 0.114. The van der Waals surface area contributed by atoms with Gasteiger partial charge in [0.25, 0.3) is 0 Å². The highest BCUT2D eigenvalue weighted by atomic mass is 127. The standard InChI is InChI=1S/C13H23NO2.C8H15NO2.C4H7N.CHI3.CH3I.CH4/c1-4-5-11(2)14-8-6-12(7-9-14)10-13(15)16-3;1-11-8(10)6-7-2-4-9-5-3-7;1-3-5-4-2;2-1(3)4;1-2;/h12H,2,4-10H2,1,3H3;7,9H,2-6H2,1H3;1,4H2,2H3;1H;1H3;1H4. The van der Waals surface area contributed by atoms with Crippen molar-refractivity contribution < 1.29 is 19.1 Å². The number of hydrogen-bond donors (Lipinski definition) is 1. The first-order valence-corrected chi connectivity index (χ1v) is 18.8.